The molecule has 13 heavy (non-hydrogen) atoms. The molecule has 0 unspecified atom stereocenters. The van der Waals surface area contributed by atoms with Crippen molar-refractivity contribution >= 4 is 23.4 Å². The van der Waals surface area contributed by atoms with E-state index in [9.17, 15) is 4.79 Å². The molecule has 0 aliphatic carbocycles. The van der Waals surface area contributed by atoms with Gasteiger partial charge >= 0.3 is 6.03 Å². The Morgan fingerprint density at radius 3 is 3.08 bits per heavy atom. The lowest BCUT2D eigenvalue weighted by Crippen LogP contribution is -2.31. The third-order valence-corrected chi connectivity index (χ3v) is 2.01. The second-order valence-electron chi connectivity index (χ2n) is 2.64. The minimum atomic E-state index is -0.144. The Hall–Kier alpha value is -1.17. The number of carbonyl (C=O) groups excluding carboxylic acids is 1. The van der Waals surface area contributed by atoms with Gasteiger partial charge in [0, 0.05) is 13.6 Å². The fraction of sp³-hybridized carbons (Fsp3) is 0.571. The molecule has 0 aliphatic heterocycles. The summed E-state index contributed by atoms with van der Waals surface area (Å²) >= 11 is 1.21. The highest BCUT2D eigenvalue weighted by atomic mass is 32.1. The molecule has 0 spiro atoms. The molecule has 0 saturated carbocycles. The van der Waals surface area contributed by atoms with Gasteiger partial charge in [0.2, 0.25) is 0 Å². The molecule has 5 nitrogen and oxygen atoms in total. The molecule has 0 fully saturated rings. The highest BCUT2D eigenvalue weighted by Crippen LogP contribution is 2.04. The smallest absolute Gasteiger partial charge is 0.322 e. The van der Waals surface area contributed by atoms with Gasteiger partial charge in [-0.15, -0.1) is 5.10 Å². The number of hydrogen-bond acceptors (Lipinski definition) is 4. The van der Waals surface area contributed by atoms with Crippen LogP contribution in [0.3, 0.4) is 0 Å². The Labute approximate surface area is 80.9 Å². The monoisotopic (exact) mass is 200 g/mol. The fourth-order valence-electron chi connectivity index (χ4n) is 0.861. The third-order valence-electron chi connectivity index (χ3n) is 1.50. The number of hydrogen-bond donors (Lipinski definition) is 1. The number of anilines is 1. The van der Waals surface area contributed by atoms with E-state index < -0.39 is 0 Å². The van der Waals surface area contributed by atoms with E-state index in [0.717, 1.165) is 13.0 Å². The van der Waals surface area contributed by atoms with Crippen LogP contribution in [0, 0.1) is 0 Å². The van der Waals surface area contributed by atoms with Crippen molar-refractivity contribution in [3.05, 3.63) is 5.38 Å². The molecule has 1 N–H and O–H groups in total. The van der Waals surface area contributed by atoms with E-state index in [0.29, 0.717) is 5.82 Å². The number of nitrogens with one attached hydrogen (secondary N) is 1. The Kier molecular flexibility index (Phi) is 3.63. The number of amides is 2. The molecule has 0 bridgehead atoms. The van der Waals surface area contributed by atoms with Crippen LogP contribution in [0.2, 0.25) is 0 Å². The predicted octanol–water partition coefficient (Wildman–Crippen LogP) is 1.41. The average molecular weight is 200 g/mol. The second kappa shape index (κ2) is 4.76. The predicted molar refractivity (Wildman–Crippen MR) is 51.8 cm³/mol. The molecule has 0 radical (unpaired) electrons. The minimum absolute atomic E-state index is 0.144. The van der Waals surface area contributed by atoms with Gasteiger partial charge in [-0.25, -0.2) is 4.79 Å². The largest absolute Gasteiger partial charge is 0.328 e. The van der Waals surface area contributed by atoms with Crippen LogP contribution in [0.4, 0.5) is 10.6 Å². The zero-order valence-corrected chi connectivity index (χ0v) is 8.47. The summed E-state index contributed by atoms with van der Waals surface area (Å²) in [6.07, 6.45) is 0.944. The van der Waals surface area contributed by atoms with Crippen LogP contribution >= 0.6 is 11.5 Å². The van der Waals surface area contributed by atoms with Gasteiger partial charge in [0.1, 0.15) is 0 Å². The van der Waals surface area contributed by atoms with Crippen LogP contribution < -0.4 is 5.32 Å². The highest BCUT2D eigenvalue weighted by molar-refractivity contribution is 7.03. The van der Waals surface area contributed by atoms with Gasteiger partial charge in [-0.2, -0.15) is 0 Å². The summed E-state index contributed by atoms with van der Waals surface area (Å²) in [5, 5.41) is 8.03. The quantitative estimate of drug-likeness (QED) is 0.802. The van der Waals surface area contributed by atoms with Gasteiger partial charge in [-0.3, -0.25) is 5.32 Å². The van der Waals surface area contributed by atoms with Crippen molar-refractivity contribution in [1.82, 2.24) is 14.5 Å². The maximum Gasteiger partial charge on any atom is 0.322 e. The number of carbonyl (C=O) groups is 1. The molecule has 1 aromatic rings. The van der Waals surface area contributed by atoms with E-state index in [1.807, 2.05) is 6.92 Å². The molecule has 0 aliphatic rings. The zero-order valence-electron chi connectivity index (χ0n) is 7.65. The average Bonchev–Trinajstić information content (AvgIpc) is 2.57. The van der Waals surface area contributed by atoms with Gasteiger partial charge in [-0.05, 0) is 18.0 Å². The molecule has 0 saturated heterocycles. The Balaban J connectivity index is 2.41. The Morgan fingerprint density at radius 1 is 1.77 bits per heavy atom. The normalized spacial score (nSPS) is 9.69. The first-order chi connectivity index (χ1) is 6.24. The molecular formula is C7H12N4OS. The summed E-state index contributed by atoms with van der Waals surface area (Å²) in [6, 6.07) is -0.144. The molecule has 1 rings (SSSR count). The Bertz CT molecular complexity index is 261. The number of nitrogens with zero attached hydrogens (tertiary/aromatic N) is 3. The van der Waals surface area contributed by atoms with Gasteiger partial charge in [-0.1, -0.05) is 11.4 Å². The van der Waals surface area contributed by atoms with Crippen molar-refractivity contribution in [2.24, 2.45) is 0 Å². The topological polar surface area (TPSA) is 58.1 Å². The van der Waals surface area contributed by atoms with Gasteiger partial charge in [0.15, 0.2) is 5.82 Å². The zero-order chi connectivity index (χ0) is 9.68. The van der Waals surface area contributed by atoms with E-state index in [2.05, 4.69) is 14.9 Å². The summed E-state index contributed by atoms with van der Waals surface area (Å²) < 4.78 is 3.64. The molecule has 1 heterocycles. The summed E-state index contributed by atoms with van der Waals surface area (Å²) in [4.78, 5) is 13.0. The summed E-state index contributed by atoms with van der Waals surface area (Å²) in [7, 11) is 1.75. The lowest BCUT2D eigenvalue weighted by molar-refractivity contribution is 0.222. The lowest BCUT2D eigenvalue weighted by Gasteiger charge is -2.15. The molecule has 6 heteroatoms. The van der Waals surface area contributed by atoms with Crippen molar-refractivity contribution in [2.75, 3.05) is 18.9 Å². The second-order valence-corrected chi connectivity index (χ2v) is 3.25. The first kappa shape index (κ1) is 9.91. The van der Waals surface area contributed by atoms with Crippen molar-refractivity contribution in [3.63, 3.8) is 0 Å². The van der Waals surface area contributed by atoms with Gasteiger partial charge < -0.3 is 4.90 Å². The van der Waals surface area contributed by atoms with Crippen molar-refractivity contribution in [3.8, 4) is 0 Å². The lowest BCUT2D eigenvalue weighted by atomic mass is 10.4. The highest BCUT2D eigenvalue weighted by Gasteiger charge is 2.08. The molecule has 72 valence electrons. The number of aromatic nitrogens is 2. The molecule has 2 amide bonds. The molecule has 0 atom stereocenters. The van der Waals surface area contributed by atoms with Crippen molar-refractivity contribution in [1.29, 1.82) is 0 Å². The standard InChI is InChI=1S/C7H12N4OS/c1-3-4-11(2)7(12)8-6-5-13-10-9-6/h5H,3-4H2,1-2H3,(H,8,12). The van der Waals surface area contributed by atoms with Crippen LogP contribution in [-0.2, 0) is 0 Å². The number of urea groups is 1. The van der Waals surface area contributed by atoms with Crippen molar-refractivity contribution in [2.45, 2.75) is 13.3 Å². The van der Waals surface area contributed by atoms with E-state index in [4.69, 9.17) is 0 Å². The maximum absolute atomic E-state index is 11.4. The van der Waals surface area contributed by atoms with Crippen LogP contribution in [0.5, 0.6) is 0 Å². The van der Waals surface area contributed by atoms with Gasteiger partial charge in [0.25, 0.3) is 0 Å². The minimum Gasteiger partial charge on any atom is -0.328 e. The van der Waals surface area contributed by atoms with Gasteiger partial charge in [0.05, 0.1) is 5.38 Å². The van der Waals surface area contributed by atoms with E-state index in [1.165, 1.54) is 11.5 Å². The van der Waals surface area contributed by atoms with Crippen LogP contribution in [0.15, 0.2) is 5.38 Å². The first-order valence-electron chi connectivity index (χ1n) is 4.03. The number of rotatable bonds is 3. The fourth-order valence-corrected chi connectivity index (χ4v) is 1.25. The SMILES string of the molecule is CCCN(C)C(=O)Nc1csnn1. The summed E-state index contributed by atoms with van der Waals surface area (Å²) in [6.45, 7) is 2.76. The van der Waals surface area contributed by atoms with Crippen LogP contribution in [0.25, 0.3) is 0 Å². The van der Waals surface area contributed by atoms with Crippen LogP contribution in [-0.4, -0.2) is 34.1 Å². The Morgan fingerprint density at radius 2 is 2.54 bits per heavy atom. The maximum atomic E-state index is 11.4. The van der Waals surface area contributed by atoms with E-state index >= 15 is 0 Å². The van der Waals surface area contributed by atoms with Crippen LogP contribution in [0.1, 0.15) is 13.3 Å². The summed E-state index contributed by atoms with van der Waals surface area (Å²) in [5.41, 5.74) is 0. The van der Waals surface area contributed by atoms with Crippen molar-refractivity contribution < 1.29 is 4.79 Å². The van der Waals surface area contributed by atoms with E-state index in [1.54, 1.807) is 17.3 Å². The molecular weight excluding hydrogens is 188 g/mol. The third kappa shape index (κ3) is 2.98. The molecule has 0 aromatic carbocycles. The first-order valence-corrected chi connectivity index (χ1v) is 4.87. The van der Waals surface area contributed by atoms with E-state index in [-0.39, 0.29) is 6.03 Å². The molecule has 1 aromatic heterocycles. The summed E-state index contributed by atoms with van der Waals surface area (Å²) in [5.74, 6) is 0.512.